The number of rotatable bonds is 6. The molecule has 0 saturated heterocycles. The van der Waals surface area contributed by atoms with Gasteiger partial charge in [0, 0.05) is 18.0 Å². The average Bonchev–Trinajstić information content (AvgIpc) is 3.02. The molecule has 110 valence electrons. The van der Waals surface area contributed by atoms with Gasteiger partial charge in [-0.15, -0.1) is 0 Å². The molecule has 0 spiro atoms. The summed E-state index contributed by atoms with van der Waals surface area (Å²) in [5, 5.41) is 3.52. The van der Waals surface area contributed by atoms with Crippen LogP contribution in [0.15, 0.2) is 28.8 Å². The van der Waals surface area contributed by atoms with Crippen LogP contribution in [0, 0.1) is 0 Å². The van der Waals surface area contributed by atoms with E-state index in [0.717, 1.165) is 37.1 Å². The zero-order chi connectivity index (χ0) is 14.1. The highest BCUT2D eigenvalue weighted by atomic mass is 16.4. The van der Waals surface area contributed by atoms with Crippen LogP contribution in [0.5, 0.6) is 0 Å². The molecule has 3 heteroatoms. The fourth-order valence-corrected chi connectivity index (χ4v) is 3.12. The first kappa shape index (κ1) is 13.1. The monoisotopic (exact) mass is 282 g/mol. The molecule has 1 saturated carbocycles. The first-order valence-corrected chi connectivity index (χ1v) is 8.19. The van der Waals surface area contributed by atoms with Crippen LogP contribution in [0.4, 0.5) is 0 Å². The second kappa shape index (κ2) is 5.64. The molecule has 2 aromatic rings. The van der Waals surface area contributed by atoms with E-state index in [4.69, 9.17) is 4.42 Å². The summed E-state index contributed by atoms with van der Waals surface area (Å²) in [6, 6.07) is 7.49. The van der Waals surface area contributed by atoms with Crippen molar-refractivity contribution in [3.8, 4) is 11.3 Å². The van der Waals surface area contributed by atoms with Crippen LogP contribution in [0.3, 0.4) is 0 Å². The fraction of sp³-hybridized carbons (Fsp3) is 0.500. The minimum absolute atomic E-state index is 0.788. The Labute approximate surface area is 125 Å². The zero-order valence-corrected chi connectivity index (χ0v) is 12.4. The maximum atomic E-state index is 5.91. The highest BCUT2D eigenvalue weighted by molar-refractivity contribution is 5.59. The maximum absolute atomic E-state index is 5.91. The summed E-state index contributed by atoms with van der Waals surface area (Å²) in [4.78, 5) is 4.42. The van der Waals surface area contributed by atoms with Gasteiger partial charge in [-0.05, 0) is 62.3 Å². The molecule has 2 aliphatic rings. The number of fused-ring (bicyclic) bond motifs is 1. The van der Waals surface area contributed by atoms with Crippen LogP contribution < -0.4 is 5.32 Å². The fourth-order valence-electron chi connectivity index (χ4n) is 3.12. The SMILES string of the molecule is c1cc2c(cc1-c1cnc(CCCNC3CC3)o1)CCC2. The quantitative estimate of drug-likeness (QED) is 0.824. The van der Waals surface area contributed by atoms with E-state index in [9.17, 15) is 0 Å². The average molecular weight is 282 g/mol. The van der Waals surface area contributed by atoms with Crippen molar-refractivity contribution in [3.05, 3.63) is 41.4 Å². The van der Waals surface area contributed by atoms with Crippen molar-refractivity contribution in [2.24, 2.45) is 0 Å². The van der Waals surface area contributed by atoms with E-state index in [1.807, 2.05) is 6.20 Å². The Morgan fingerprint density at radius 2 is 2.10 bits per heavy atom. The third-order valence-electron chi connectivity index (χ3n) is 4.51. The highest BCUT2D eigenvalue weighted by Crippen LogP contribution is 2.28. The normalized spacial score (nSPS) is 17.1. The van der Waals surface area contributed by atoms with Crippen LogP contribution in [-0.2, 0) is 19.3 Å². The molecule has 0 atom stereocenters. The summed E-state index contributed by atoms with van der Waals surface area (Å²) in [6.07, 6.45) is 10.3. The Morgan fingerprint density at radius 1 is 1.19 bits per heavy atom. The van der Waals surface area contributed by atoms with Crippen LogP contribution in [0.2, 0.25) is 0 Å². The third kappa shape index (κ3) is 3.03. The van der Waals surface area contributed by atoms with E-state index in [1.54, 1.807) is 0 Å². The highest BCUT2D eigenvalue weighted by Gasteiger charge is 2.19. The number of nitrogens with zero attached hydrogens (tertiary/aromatic N) is 1. The van der Waals surface area contributed by atoms with Crippen molar-refractivity contribution < 1.29 is 4.42 Å². The van der Waals surface area contributed by atoms with E-state index in [-0.39, 0.29) is 0 Å². The van der Waals surface area contributed by atoms with Gasteiger partial charge in [0.15, 0.2) is 11.7 Å². The number of nitrogens with one attached hydrogen (secondary N) is 1. The number of benzene rings is 1. The van der Waals surface area contributed by atoms with Crippen molar-refractivity contribution in [2.45, 2.75) is 51.0 Å². The molecule has 2 aliphatic carbocycles. The lowest BCUT2D eigenvalue weighted by molar-refractivity contribution is 0.491. The Bertz CT molecular complexity index is 628. The maximum Gasteiger partial charge on any atom is 0.194 e. The van der Waals surface area contributed by atoms with Gasteiger partial charge in [-0.1, -0.05) is 12.1 Å². The lowest BCUT2D eigenvalue weighted by Crippen LogP contribution is -2.17. The molecule has 1 N–H and O–H groups in total. The van der Waals surface area contributed by atoms with Crippen molar-refractivity contribution in [1.82, 2.24) is 10.3 Å². The minimum atomic E-state index is 0.788. The van der Waals surface area contributed by atoms with E-state index < -0.39 is 0 Å². The molecule has 3 nitrogen and oxygen atoms in total. The largest absolute Gasteiger partial charge is 0.441 e. The van der Waals surface area contributed by atoms with E-state index in [1.165, 1.54) is 48.8 Å². The lowest BCUT2D eigenvalue weighted by atomic mass is 10.1. The Hall–Kier alpha value is -1.61. The number of hydrogen-bond donors (Lipinski definition) is 1. The van der Waals surface area contributed by atoms with Crippen molar-refractivity contribution in [1.29, 1.82) is 0 Å². The molecule has 1 aromatic carbocycles. The smallest absolute Gasteiger partial charge is 0.194 e. The van der Waals surface area contributed by atoms with Gasteiger partial charge in [0.2, 0.25) is 0 Å². The molecule has 4 rings (SSSR count). The molecule has 1 fully saturated rings. The molecule has 1 aromatic heterocycles. The predicted molar refractivity (Wildman–Crippen MR) is 83.3 cm³/mol. The number of aromatic nitrogens is 1. The Balaban J connectivity index is 1.39. The van der Waals surface area contributed by atoms with E-state index in [2.05, 4.69) is 28.5 Å². The number of oxazole rings is 1. The topological polar surface area (TPSA) is 38.1 Å². The van der Waals surface area contributed by atoms with Crippen molar-refractivity contribution in [2.75, 3.05) is 6.54 Å². The summed E-state index contributed by atoms with van der Waals surface area (Å²) < 4.78 is 5.91. The van der Waals surface area contributed by atoms with Gasteiger partial charge >= 0.3 is 0 Å². The first-order valence-electron chi connectivity index (χ1n) is 8.19. The van der Waals surface area contributed by atoms with Crippen LogP contribution >= 0.6 is 0 Å². The summed E-state index contributed by atoms with van der Waals surface area (Å²) in [5.74, 6) is 1.78. The van der Waals surface area contributed by atoms with Crippen LogP contribution in [-0.4, -0.2) is 17.6 Å². The van der Waals surface area contributed by atoms with Crippen LogP contribution in [0.1, 0.15) is 42.7 Å². The molecule has 0 unspecified atom stereocenters. The molecule has 0 aliphatic heterocycles. The van der Waals surface area contributed by atoms with E-state index >= 15 is 0 Å². The van der Waals surface area contributed by atoms with Gasteiger partial charge in [-0.2, -0.15) is 0 Å². The summed E-state index contributed by atoms with van der Waals surface area (Å²) in [5.41, 5.74) is 4.16. The third-order valence-corrected chi connectivity index (χ3v) is 4.51. The van der Waals surface area contributed by atoms with Gasteiger partial charge in [0.25, 0.3) is 0 Å². The first-order chi connectivity index (χ1) is 10.4. The molecule has 0 amide bonds. The predicted octanol–water partition coefficient (Wildman–Crippen LogP) is 3.51. The number of aryl methyl sites for hydroxylation is 3. The van der Waals surface area contributed by atoms with Gasteiger partial charge in [-0.25, -0.2) is 4.98 Å². The molecule has 21 heavy (non-hydrogen) atoms. The van der Waals surface area contributed by atoms with Gasteiger partial charge in [0.05, 0.1) is 6.20 Å². The molecule has 1 heterocycles. The summed E-state index contributed by atoms with van der Waals surface area (Å²) in [6.45, 7) is 1.07. The van der Waals surface area contributed by atoms with Crippen molar-refractivity contribution >= 4 is 0 Å². The number of hydrogen-bond acceptors (Lipinski definition) is 3. The lowest BCUT2D eigenvalue weighted by Gasteiger charge is -2.02. The molecule has 0 bridgehead atoms. The Morgan fingerprint density at radius 3 is 3.00 bits per heavy atom. The molecular weight excluding hydrogens is 260 g/mol. The second-order valence-corrected chi connectivity index (χ2v) is 6.29. The molecule has 0 radical (unpaired) electrons. The van der Waals surface area contributed by atoms with Gasteiger partial charge < -0.3 is 9.73 Å². The zero-order valence-electron chi connectivity index (χ0n) is 12.4. The van der Waals surface area contributed by atoms with Gasteiger partial charge in [0.1, 0.15) is 0 Å². The van der Waals surface area contributed by atoms with E-state index in [0.29, 0.717) is 0 Å². The molecular formula is C18H22N2O. The second-order valence-electron chi connectivity index (χ2n) is 6.29. The Kier molecular flexibility index (Phi) is 3.52. The summed E-state index contributed by atoms with van der Waals surface area (Å²) >= 11 is 0. The standard InChI is InChI=1S/C18H22N2O/c1-3-13-6-7-15(11-14(13)4-1)17-12-20-18(21-17)5-2-10-19-16-8-9-16/h6-7,11-12,16,19H,1-5,8-10H2. The summed E-state index contributed by atoms with van der Waals surface area (Å²) in [7, 11) is 0. The van der Waals surface area contributed by atoms with Gasteiger partial charge in [-0.3, -0.25) is 0 Å². The van der Waals surface area contributed by atoms with Crippen LogP contribution in [0.25, 0.3) is 11.3 Å². The van der Waals surface area contributed by atoms with Crippen molar-refractivity contribution in [3.63, 3.8) is 0 Å². The minimum Gasteiger partial charge on any atom is -0.441 e.